The highest BCUT2D eigenvalue weighted by Gasteiger charge is 2.32. The monoisotopic (exact) mass is 266 g/mol. The molecule has 0 unspecified atom stereocenters. The highest BCUT2D eigenvalue weighted by molar-refractivity contribution is 7.86. The molecule has 1 rings (SSSR count). The smallest absolute Gasteiger partial charge is 0.379 e. The lowest BCUT2D eigenvalue weighted by Crippen LogP contribution is -2.11. The predicted molar refractivity (Wildman–Crippen MR) is 49.4 cm³/mol. The molecule has 0 N–H and O–H groups in total. The first-order valence-electron chi connectivity index (χ1n) is 4.00. The van der Waals surface area contributed by atoms with Crippen LogP contribution in [0.25, 0.3) is 0 Å². The van der Waals surface area contributed by atoms with Gasteiger partial charge in [0.25, 0.3) is 0 Å². The molecule has 0 aliphatic rings. The Bertz CT molecular complexity index is 575. The van der Waals surface area contributed by atoms with Crippen LogP contribution in [0.5, 0.6) is 5.75 Å². The molecular formula is C8H5F3N2O3S. The van der Waals surface area contributed by atoms with E-state index in [0.717, 1.165) is 0 Å². The number of hydrogen-bond acceptors (Lipinski definition) is 5. The van der Waals surface area contributed by atoms with Crippen LogP contribution in [0.15, 0.2) is 12.3 Å². The second-order valence-electron chi connectivity index (χ2n) is 2.97. The zero-order valence-corrected chi connectivity index (χ0v) is 9.13. The van der Waals surface area contributed by atoms with Gasteiger partial charge in [0, 0.05) is 6.20 Å². The highest BCUT2D eigenvalue weighted by Crippen LogP contribution is 2.32. The van der Waals surface area contributed by atoms with Crippen LogP contribution in [-0.2, 0) is 16.3 Å². The SMILES string of the molecule is CS(=O)(=O)Oc1cc(C(F)(F)F)cnc1C#N. The summed E-state index contributed by atoms with van der Waals surface area (Å²) >= 11 is 0. The minimum Gasteiger partial charge on any atom is -0.379 e. The zero-order valence-electron chi connectivity index (χ0n) is 8.32. The second kappa shape index (κ2) is 4.21. The van der Waals surface area contributed by atoms with Crippen molar-refractivity contribution in [1.82, 2.24) is 4.98 Å². The molecule has 0 saturated heterocycles. The van der Waals surface area contributed by atoms with Crippen molar-refractivity contribution < 1.29 is 25.8 Å². The van der Waals surface area contributed by atoms with Crippen molar-refractivity contribution in [2.75, 3.05) is 6.26 Å². The molecule has 0 spiro atoms. The van der Waals surface area contributed by atoms with E-state index in [1.165, 1.54) is 6.07 Å². The fraction of sp³-hybridized carbons (Fsp3) is 0.250. The van der Waals surface area contributed by atoms with Gasteiger partial charge in [-0.05, 0) is 6.07 Å². The van der Waals surface area contributed by atoms with Gasteiger partial charge in [0.1, 0.15) is 6.07 Å². The molecule has 0 amide bonds. The summed E-state index contributed by atoms with van der Waals surface area (Å²) in [6, 6.07) is 1.84. The molecule has 0 bridgehead atoms. The number of nitriles is 1. The van der Waals surface area contributed by atoms with Crippen molar-refractivity contribution in [3.8, 4) is 11.8 Å². The van der Waals surface area contributed by atoms with Crippen molar-refractivity contribution >= 4 is 10.1 Å². The summed E-state index contributed by atoms with van der Waals surface area (Å²) < 4.78 is 62.8. The molecule has 0 radical (unpaired) electrons. The van der Waals surface area contributed by atoms with Gasteiger partial charge in [0.2, 0.25) is 0 Å². The normalized spacial score (nSPS) is 11.9. The summed E-state index contributed by atoms with van der Waals surface area (Å²) in [6.07, 6.45) is -3.63. The number of alkyl halides is 3. The number of nitrogens with zero attached hydrogens (tertiary/aromatic N) is 2. The maximum absolute atomic E-state index is 12.3. The van der Waals surface area contributed by atoms with Crippen LogP contribution in [0.2, 0.25) is 0 Å². The van der Waals surface area contributed by atoms with Gasteiger partial charge < -0.3 is 4.18 Å². The number of hydrogen-bond donors (Lipinski definition) is 0. The van der Waals surface area contributed by atoms with Crippen LogP contribution < -0.4 is 4.18 Å². The Balaban J connectivity index is 3.32. The molecule has 0 aliphatic carbocycles. The van der Waals surface area contributed by atoms with Crippen molar-refractivity contribution in [1.29, 1.82) is 5.26 Å². The van der Waals surface area contributed by atoms with Crippen molar-refractivity contribution in [2.24, 2.45) is 0 Å². The van der Waals surface area contributed by atoms with Crippen LogP contribution in [0.1, 0.15) is 11.3 Å². The highest BCUT2D eigenvalue weighted by atomic mass is 32.2. The average Bonchev–Trinajstić information content (AvgIpc) is 2.13. The summed E-state index contributed by atoms with van der Waals surface area (Å²) in [6.45, 7) is 0. The second-order valence-corrected chi connectivity index (χ2v) is 4.54. The first kappa shape index (κ1) is 13.2. The Morgan fingerprint density at radius 3 is 2.47 bits per heavy atom. The van der Waals surface area contributed by atoms with Crippen LogP contribution >= 0.6 is 0 Å². The third-order valence-corrected chi connectivity index (χ3v) is 2.01. The zero-order chi connectivity index (χ0) is 13.3. The molecule has 0 aromatic carbocycles. The van der Waals surface area contributed by atoms with Crippen molar-refractivity contribution in [2.45, 2.75) is 6.18 Å². The van der Waals surface area contributed by atoms with Gasteiger partial charge in [0.15, 0.2) is 11.4 Å². The van der Waals surface area contributed by atoms with E-state index in [4.69, 9.17) is 5.26 Å². The molecule has 9 heteroatoms. The van der Waals surface area contributed by atoms with Gasteiger partial charge >= 0.3 is 16.3 Å². The average molecular weight is 266 g/mol. The van der Waals surface area contributed by atoms with E-state index < -0.39 is 33.3 Å². The van der Waals surface area contributed by atoms with Crippen LogP contribution in [-0.4, -0.2) is 19.7 Å². The molecule has 0 saturated carbocycles. The molecule has 92 valence electrons. The third-order valence-electron chi connectivity index (χ3n) is 1.53. The van der Waals surface area contributed by atoms with Gasteiger partial charge in [-0.25, -0.2) is 4.98 Å². The van der Waals surface area contributed by atoms with Crippen molar-refractivity contribution in [3.05, 3.63) is 23.5 Å². The summed E-state index contributed by atoms with van der Waals surface area (Å²) in [5.74, 6) is -0.746. The topological polar surface area (TPSA) is 80.1 Å². The van der Waals surface area contributed by atoms with Crippen LogP contribution in [0, 0.1) is 11.3 Å². The largest absolute Gasteiger partial charge is 0.418 e. The molecule has 1 aromatic heterocycles. The van der Waals surface area contributed by atoms with E-state index in [1.807, 2.05) is 0 Å². The summed E-state index contributed by atoms with van der Waals surface area (Å²) in [7, 11) is -4.03. The van der Waals surface area contributed by atoms with Gasteiger partial charge in [-0.3, -0.25) is 0 Å². The number of aromatic nitrogens is 1. The lowest BCUT2D eigenvalue weighted by molar-refractivity contribution is -0.137. The fourth-order valence-electron chi connectivity index (χ4n) is 0.910. The molecule has 1 heterocycles. The Hall–Kier alpha value is -1.82. The van der Waals surface area contributed by atoms with E-state index >= 15 is 0 Å². The standard InChI is InChI=1S/C8H5F3N2O3S/c1-17(14,15)16-7-2-5(8(9,10)11)4-13-6(7)3-12/h2,4H,1H3. The molecule has 17 heavy (non-hydrogen) atoms. The lowest BCUT2D eigenvalue weighted by Gasteiger charge is -2.09. The van der Waals surface area contributed by atoms with E-state index in [-0.39, 0.29) is 0 Å². The minimum atomic E-state index is -4.70. The summed E-state index contributed by atoms with van der Waals surface area (Å²) in [4.78, 5) is 3.18. The quantitative estimate of drug-likeness (QED) is 0.754. The fourth-order valence-corrected chi connectivity index (χ4v) is 1.36. The molecule has 5 nitrogen and oxygen atoms in total. The molecule has 1 aromatic rings. The molecule has 0 fully saturated rings. The first-order valence-corrected chi connectivity index (χ1v) is 5.82. The van der Waals surface area contributed by atoms with Gasteiger partial charge in [0.05, 0.1) is 11.8 Å². The maximum Gasteiger partial charge on any atom is 0.418 e. The van der Waals surface area contributed by atoms with E-state index in [2.05, 4.69) is 9.17 Å². The van der Waals surface area contributed by atoms with E-state index in [9.17, 15) is 21.6 Å². The van der Waals surface area contributed by atoms with Crippen LogP contribution in [0.3, 0.4) is 0 Å². The summed E-state index contributed by atoms with van der Waals surface area (Å²) in [5.41, 5.74) is -1.74. The maximum atomic E-state index is 12.3. The molecule has 0 aliphatic heterocycles. The Labute approximate surface area is 94.6 Å². The first-order chi connectivity index (χ1) is 7.63. The summed E-state index contributed by atoms with van der Waals surface area (Å²) in [5, 5.41) is 8.54. The Morgan fingerprint density at radius 2 is 2.06 bits per heavy atom. The lowest BCUT2D eigenvalue weighted by atomic mass is 10.2. The van der Waals surface area contributed by atoms with E-state index in [1.54, 1.807) is 0 Å². The predicted octanol–water partition coefficient (Wildman–Crippen LogP) is 1.31. The van der Waals surface area contributed by atoms with E-state index in [0.29, 0.717) is 18.5 Å². The minimum absolute atomic E-state index is 0.409. The number of halogens is 3. The number of rotatable bonds is 2. The molecule has 0 atom stereocenters. The Morgan fingerprint density at radius 1 is 1.47 bits per heavy atom. The van der Waals surface area contributed by atoms with Gasteiger partial charge in [-0.2, -0.15) is 26.9 Å². The van der Waals surface area contributed by atoms with Crippen molar-refractivity contribution in [3.63, 3.8) is 0 Å². The number of pyridine rings is 1. The van der Waals surface area contributed by atoms with Crippen LogP contribution in [0.4, 0.5) is 13.2 Å². The van der Waals surface area contributed by atoms with Gasteiger partial charge in [-0.1, -0.05) is 0 Å². The third kappa shape index (κ3) is 3.60. The Kier molecular flexibility index (Phi) is 3.28. The molecular weight excluding hydrogens is 261 g/mol. The van der Waals surface area contributed by atoms with Gasteiger partial charge in [-0.15, -0.1) is 0 Å².